The van der Waals surface area contributed by atoms with Crippen LogP contribution in [0.4, 0.5) is 0 Å². The van der Waals surface area contributed by atoms with Crippen LogP contribution in [0.1, 0.15) is 137 Å². The van der Waals surface area contributed by atoms with Crippen molar-refractivity contribution in [3.8, 4) is 0 Å². The van der Waals surface area contributed by atoms with E-state index in [1.807, 2.05) is 0 Å². The summed E-state index contributed by atoms with van der Waals surface area (Å²) in [5.74, 6) is 3.26. The molecule has 1 saturated heterocycles. The number of carboxylic acid groups (broad SMARTS) is 1. The molecule has 0 aromatic heterocycles. The highest BCUT2D eigenvalue weighted by molar-refractivity contribution is 5.77. The minimum absolute atomic E-state index is 0.0195. The molecule has 6 aliphatic rings. The van der Waals surface area contributed by atoms with E-state index in [0.717, 1.165) is 45.3 Å². The second-order valence-corrected chi connectivity index (χ2v) is 16.9. The number of ether oxygens (including phenoxy) is 1. The average Bonchev–Trinajstić information content (AvgIpc) is 3.40. The fraction of sp³-hybridized carbons (Fsp3) is 0.846. The Hall–Kier alpha value is -1.62. The zero-order chi connectivity index (χ0) is 31.3. The van der Waals surface area contributed by atoms with E-state index in [0.29, 0.717) is 65.1 Å². The van der Waals surface area contributed by atoms with Crippen LogP contribution in [0.25, 0.3) is 0 Å². The predicted molar refractivity (Wildman–Crippen MR) is 176 cm³/mol. The molecule has 5 aliphatic carbocycles. The molecule has 1 aliphatic heterocycles. The minimum Gasteiger partial charge on any atom is -0.481 e. The van der Waals surface area contributed by atoms with Crippen molar-refractivity contribution in [2.45, 2.75) is 143 Å². The molecule has 0 radical (unpaired) electrons. The van der Waals surface area contributed by atoms with Crippen LogP contribution in [-0.4, -0.2) is 35.7 Å². The molecule has 0 spiro atoms. The molecule has 4 saturated carbocycles. The normalized spacial score (nSPS) is 44.1. The smallest absolute Gasteiger partial charge is 0.303 e. The summed E-state index contributed by atoms with van der Waals surface area (Å²) in [6.45, 7) is 14.2. The number of rotatable bonds is 8. The third-order valence-corrected chi connectivity index (χ3v) is 15.2. The Bertz CT molecular complexity index is 1170. The first kappa shape index (κ1) is 32.3. The Balaban J connectivity index is 1.22. The summed E-state index contributed by atoms with van der Waals surface area (Å²) in [7, 11) is 0. The summed E-state index contributed by atoms with van der Waals surface area (Å²) in [6.07, 6.45) is 21.9. The highest BCUT2D eigenvalue weighted by Gasteiger charge is 2.68. The van der Waals surface area contributed by atoms with E-state index in [1.165, 1.54) is 62.5 Å². The lowest BCUT2D eigenvalue weighted by Gasteiger charge is -2.71. The molecule has 0 aromatic rings. The van der Waals surface area contributed by atoms with Gasteiger partial charge in [0.2, 0.25) is 5.91 Å². The third kappa shape index (κ3) is 5.23. The first-order chi connectivity index (χ1) is 21.0. The molecule has 1 heterocycles. The van der Waals surface area contributed by atoms with Gasteiger partial charge in [-0.2, -0.15) is 0 Å². The number of carboxylic acids is 1. The van der Waals surface area contributed by atoms with E-state index in [2.05, 4.69) is 52.1 Å². The Labute approximate surface area is 267 Å². The molecule has 1 amide bonds. The summed E-state index contributed by atoms with van der Waals surface area (Å²) in [4.78, 5) is 24.9. The third-order valence-electron chi connectivity index (χ3n) is 15.2. The molecule has 9 atom stereocenters. The van der Waals surface area contributed by atoms with Crippen LogP contribution in [0.15, 0.2) is 23.3 Å². The average molecular weight is 608 g/mol. The van der Waals surface area contributed by atoms with Gasteiger partial charge >= 0.3 is 5.97 Å². The highest BCUT2D eigenvalue weighted by atomic mass is 16.5. The molecule has 6 rings (SSSR count). The van der Waals surface area contributed by atoms with Gasteiger partial charge in [0.05, 0.1) is 0 Å². The topological polar surface area (TPSA) is 75.6 Å². The van der Waals surface area contributed by atoms with E-state index in [1.54, 1.807) is 0 Å². The first-order valence-electron chi connectivity index (χ1n) is 18.5. The number of carbonyl (C=O) groups is 2. The zero-order valence-corrected chi connectivity index (χ0v) is 28.5. The van der Waals surface area contributed by atoms with Crippen LogP contribution < -0.4 is 5.32 Å². The van der Waals surface area contributed by atoms with Crippen molar-refractivity contribution in [3.05, 3.63) is 23.3 Å². The summed E-state index contributed by atoms with van der Waals surface area (Å²) >= 11 is 0. The number of hydrogen-bond acceptors (Lipinski definition) is 3. The molecular formula is C39H61NO4. The van der Waals surface area contributed by atoms with Crippen LogP contribution >= 0.6 is 0 Å². The van der Waals surface area contributed by atoms with E-state index in [-0.39, 0.29) is 17.4 Å². The van der Waals surface area contributed by atoms with Crippen LogP contribution in [-0.2, 0) is 14.3 Å². The Morgan fingerprint density at radius 2 is 1.70 bits per heavy atom. The molecule has 44 heavy (non-hydrogen) atoms. The number of fused-ring (bicyclic) bond motifs is 7. The molecule has 2 N–H and O–H groups in total. The zero-order valence-electron chi connectivity index (χ0n) is 28.5. The summed E-state index contributed by atoms with van der Waals surface area (Å²) in [5, 5.41) is 13.2. The lowest BCUT2D eigenvalue weighted by Crippen LogP contribution is -2.67. The van der Waals surface area contributed by atoms with Gasteiger partial charge in [-0.15, -0.1) is 0 Å². The molecule has 246 valence electrons. The maximum Gasteiger partial charge on any atom is 0.303 e. The minimum atomic E-state index is -0.697. The standard InChI is InChI=1S/C39H61NO4/c1-6-8-28(10-13-35(42)43)29-14-19-36(3)30(26(29)2)15-20-38(5)33(36)12-11-31-32-9-7-18-39(32,22-21-37(31,38)4)40-34(41)25-27-16-23-44-24-17-27/h8,14,26-27,30-33H,6-7,9-13,15-25H2,1-5H3,(H,40,41)(H,42,43)/b28-8+/t26?,30?,31-,32?,33?,36+,37-,38-,39+/m1/s1. The Morgan fingerprint density at radius 1 is 0.932 bits per heavy atom. The second kappa shape index (κ2) is 12.2. The number of allylic oxidation sites excluding steroid dienone is 4. The van der Waals surface area contributed by atoms with Gasteiger partial charge in [0.15, 0.2) is 0 Å². The highest BCUT2D eigenvalue weighted by Crippen LogP contribution is 2.75. The van der Waals surface area contributed by atoms with E-state index < -0.39 is 5.97 Å². The largest absolute Gasteiger partial charge is 0.481 e. The monoisotopic (exact) mass is 607 g/mol. The first-order valence-corrected chi connectivity index (χ1v) is 18.5. The van der Waals surface area contributed by atoms with Crippen molar-refractivity contribution in [2.75, 3.05) is 13.2 Å². The van der Waals surface area contributed by atoms with Crippen molar-refractivity contribution >= 4 is 11.9 Å². The molecular weight excluding hydrogens is 546 g/mol. The number of nitrogens with one attached hydrogen (secondary N) is 1. The van der Waals surface area contributed by atoms with Gasteiger partial charge < -0.3 is 15.2 Å². The summed E-state index contributed by atoms with van der Waals surface area (Å²) in [5.41, 5.74) is 3.68. The van der Waals surface area contributed by atoms with Crippen LogP contribution in [0.3, 0.4) is 0 Å². The quantitative estimate of drug-likeness (QED) is 0.289. The van der Waals surface area contributed by atoms with Gasteiger partial charge in [0.25, 0.3) is 0 Å². The molecule has 0 bridgehead atoms. The maximum atomic E-state index is 13.5. The van der Waals surface area contributed by atoms with E-state index in [9.17, 15) is 14.7 Å². The molecule has 4 unspecified atom stereocenters. The van der Waals surface area contributed by atoms with Crippen LogP contribution in [0.5, 0.6) is 0 Å². The molecule has 0 aromatic carbocycles. The van der Waals surface area contributed by atoms with E-state index in [4.69, 9.17) is 4.74 Å². The predicted octanol–water partition coefficient (Wildman–Crippen LogP) is 8.87. The van der Waals surface area contributed by atoms with Gasteiger partial charge in [0, 0.05) is 31.6 Å². The summed E-state index contributed by atoms with van der Waals surface area (Å²) < 4.78 is 5.55. The maximum absolute atomic E-state index is 13.5. The lowest BCUT2D eigenvalue weighted by atomic mass is 9.34. The number of hydrogen-bond donors (Lipinski definition) is 2. The van der Waals surface area contributed by atoms with Gasteiger partial charge in [-0.25, -0.2) is 0 Å². The van der Waals surface area contributed by atoms with Crippen LogP contribution in [0, 0.1) is 51.8 Å². The summed E-state index contributed by atoms with van der Waals surface area (Å²) in [6, 6.07) is 0. The van der Waals surface area contributed by atoms with Gasteiger partial charge in [0.1, 0.15) is 0 Å². The molecule has 5 heteroatoms. The Morgan fingerprint density at radius 3 is 2.43 bits per heavy atom. The van der Waals surface area contributed by atoms with Crippen molar-refractivity contribution < 1.29 is 19.4 Å². The molecule has 5 nitrogen and oxygen atoms in total. The van der Waals surface area contributed by atoms with E-state index >= 15 is 0 Å². The van der Waals surface area contributed by atoms with Crippen molar-refractivity contribution in [3.63, 3.8) is 0 Å². The van der Waals surface area contributed by atoms with Gasteiger partial charge in [-0.1, -0.05) is 53.2 Å². The van der Waals surface area contributed by atoms with Crippen molar-refractivity contribution in [2.24, 2.45) is 51.8 Å². The van der Waals surface area contributed by atoms with Gasteiger partial charge in [-0.3, -0.25) is 9.59 Å². The lowest BCUT2D eigenvalue weighted by molar-refractivity contribution is -0.212. The van der Waals surface area contributed by atoms with Crippen molar-refractivity contribution in [1.29, 1.82) is 0 Å². The number of carbonyl (C=O) groups excluding carboxylic acids is 1. The second-order valence-electron chi connectivity index (χ2n) is 16.9. The fourth-order valence-electron chi connectivity index (χ4n) is 12.8. The fourth-order valence-corrected chi connectivity index (χ4v) is 12.8. The molecule has 5 fully saturated rings. The number of aliphatic carboxylic acids is 1. The SMILES string of the molecule is CC/C=C(\CCC(=O)O)C1=CC[C@@]2(C)C(CC[C@]3(C)C2CC[C@@H]2C4CCC[C@]4(NC(=O)CC4CCOCC4)CC[C@]23C)C1C. The van der Waals surface area contributed by atoms with Crippen molar-refractivity contribution in [1.82, 2.24) is 5.32 Å². The van der Waals surface area contributed by atoms with Crippen LogP contribution in [0.2, 0.25) is 0 Å². The Kier molecular flexibility index (Phi) is 8.96. The number of amides is 1. The van der Waals surface area contributed by atoms with Gasteiger partial charge in [-0.05, 0) is 146 Å².